The fourth-order valence-corrected chi connectivity index (χ4v) is 4.75. The van der Waals surface area contributed by atoms with E-state index in [4.69, 9.17) is 21.1 Å². The number of carbonyl (C=O) groups is 2. The van der Waals surface area contributed by atoms with Crippen molar-refractivity contribution in [2.45, 2.75) is 71.0 Å². The van der Waals surface area contributed by atoms with Crippen LogP contribution in [0.25, 0.3) is 0 Å². The van der Waals surface area contributed by atoms with Gasteiger partial charge in [0.2, 0.25) is 11.8 Å². The number of ether oxygens (including phenoxy) is 2. The molecule has 1 saturated carbocycles. The highest BCUT2D eigenvalue weighted by Crippen LogP contribution is 2.34. The predicted octanol–water partition coefficient (Wildman–Crippen LogP) is 5.55. The van der Waals surface area contributed by atoms with Crippen molar-refractivity contribution in [2.75, 3.05) is 19.6 Å². The Morgan fingerprint density at radius 1 is 1.06 bits per heavy atom. The third-order valence-corrected chi connectivity index (χ3v) is 6.70. The molecular formula is C28H37ClN2O4. The van der Waals surface area contributed by atoms with E-state index in [1.54, 1.807) is 24.1 Å². The molecule has 0 aliphatic heterocycles. The summed E-state index contributed by atoms with van der Waals surface area (Å²) in [6.07, 6.45) is 6.48. The molecule has 2 aromatic carbocycles. The Labute approximate surface area is 213 Å². The second-order valence-electron chi connectivity index (χ2n) is 9.08. The third-order valence-electron chi connectivity index (χ3n) is 6.47. The van der Waals surface area contributed by atoms with E-state index in [9.17, 15) is 9.59 Å². The van der Waals surface area contributed by atoms with E-state index in [-0.39, 0.29) is 30.3 Å². The van der Waals surface area contributed by atoms with Crippen LogP contribution >= 0.6 is 11.6 Å². The molecule has 1 fully saturated rings. The number of halogens is 1. The van der Waals surface area contributed by atoms with Gasteiger partial charge in [-0.25, -0.2) is 0 Å². The second-order valence-corrected chi connectivity index (χ2v) is 9.35. The van der Waals surface area contributed by atoms with Gasteiger partial charge in [-0.1, -0.05) is 61.6 Å². The summed E-state index contributed by atoms with van der Waals surface area (Å²) in [5, 5.41) is 3.24. The second kappa shape index (κ2) is 13.4. The monoisotopic (exact) mass is 500 g/mol. The number of rotatable bonds is 10. The van der Waals surface area contributed by atoms with Crippen molar-refractivity contribution in [3.05, 3.63) is 59.2 Å². The van der Waals surface area contributed by atoms with Gasteiger partial charge in [-0.2, -0.15) is 0 Å². The summed E-state index contributed by atoms with van der Waals surface area (Å²) >= 11 is 6.05. The third kappa shape index (κ3) is 7.38. The van der Waals surface area contributed by atoms with Gasteiger partial charge in [0, 0.05) is 12.6 Å². The standard InChI is InChI=1S/C28H37ClN2O4/c1-4-35-24-16-15-22(17-25(24)34-3)27(28(33)30-23-9-7-5-6-8-10-23)31(26(32)18-29)19-21-13-11-20(2)12-14-21/h11-17,23,27H,4-10,18-19H2,1-3H3,(H,30,33)/t27-/m0/s1. The highest BCUT2D eigenvalue weighted by Gasteiger charge is 2.33. The highest BCUT2D eigenvalue weighted by atomic mass is 35.5. The molecule has 0 saturated heterocycles. The van der Waals surface area contributed by atoms with Crippen LogP contribution in [0.4, 0.5) is 0 Å². The molecule has 3 rings (SSSR count). The van der Waals surface area contributed by atoms with Crippen molar-refractivity contribution in [1.29, 1.82) is 0 Å². The lowest BCUT2D eigenvalue weighted by atomic mass is 10.0. The number of aryl methyl sites for hydroxylation is 1. The molecule has 0 spiro atoms. The number of methoxy groups -OCH3 is 1. The Balaban J connectivity index is 2.00. The topological polar surface area (TPSA) is 67.9 Å². The maximum Gasteiger partial charge on any atom is 0.247 e. The fraction of sp³-hybridized carbons (Fsp3) is 0.500. The van der Waals surface area contributed by atoms with Gasteiger partial charge >= 0.3 is 0 Å². The van der Waals surface area contributed by atoms with Crippen LogP contribution in [0.1, 0.15) is 68.2 Å². The van der Waals surface area contributed by atoms with Crippen molar-refractivity contribution in [2.24, 2.45) is 0 Å². The SMILES string of the molecule is CCOc1ccc([C@@H](C(=O)NC2CCCCCC2)N(Cc2ccc(C)cc2)C(=O)CCl)cc1OC. The quantitative estimate of drug-likeness (QED) is 0.343. The van der Waals surface area contributed by atoms with E-state index < -0.39 is 6.04 Å². The van der Waals surface area contributed by atoms with E-state index in [0.29, 0.717) is 23.7 Å². The van der Waals surface area contributed by atoms with Crippen molar-refractivity contribution < 1.29 is 19.1 Å². The van der Waals surface area contributed by atoms with Gasteiger partial charge in [0.05, 0.1) is 13.7 Å². The minimum Gasteiger partial charge on any atom is -0.493 e. The number of amides is 2. The Hall–Kier alpha value is -2.73. The number of nitrogens with zero attached hydrogens (tertiary/aromatic N) is 1. The summed E-state index contributed by atoms with van der Waals surface area (Å²) in [6, 6.07) is 12.6. The van der Waals surface area contributed by atoms with Crippen LogP contribution in [-0.4, -0.2) is 42.4 Å². The lowest BCUT2D eigenvalue weighted by Gasteiger charge is -2.32. The number of carbonyl (C=O) groups excluding carboxylic acids is 2. The molecule has 0 unspecified atom stereocenters. The van der Waals surface area contributed by atoms with Crippen molar-refractivity contribution >= 4 is 23.4 Å². The lowest BCUT2D eigenvalue weighted by molar-refractivity contribution is -0.140. The zero-order chi connectivity index (χ0) is 25.2. The maximum atomic E-state index is 13.8. The van der Waals surface area contributed by atoms with Gasteiger partial charge in [-0.15, -0.1) is 11.6 Å². The molecule has 0 heterocycles. The minimum atomic E-state index is -0.851. The molecule has 2 aromatic rings. The zero-order valence-corrected chi connectivity index (χ0v) is 21.8. The molecular weight excluding hydrogens is 464 g/mol. The van der Waals surface area contributed by atoms with Crippen molar-refractivity contribution in [1.82, 2.24) is 10.2 Å². The average molecular weight is 501 g/mol. The molecule has 1 aliphatic rings. The summed E-state index contributed by atoms with van der Waals surface area (Å²) < 4.78 is 11.2. The van der Waals surface area contributed by atoms with Crippen LogP contribution in [0.5, 0.6) is 11.5 Å². The number of hydrogen-bond acceptors (Lipinski definition) is 4. The van der Waals surface area contributed by atoms with Crippen molar-refractivity contribution in [3.63, 3.8) is 0 Å². The largest absolute Gasteiger partial charge is 0.493 e. The summed E-state index contributed by atoms with van der Waals surface area (Å²) in [4.78, 5) is 28.5. The Kier molecular flexibility index (Phi) is 10.3. The number of benzene rings is 2. The smallest absolute Gasteiger partial charge is 0.247 e. The summed E-state index contributed by atoms with van der Waals surface area (Å²) in [5.74, 6) is 0.392. The Bertz CT molecular complexity index is 971. The van der Waals surface area contributed by atoms with Gasteiger partial charge in [0.15, 0.2) is 11.5 Å². The van der Waals surface area contributed by atoms with Gasteiger partial charge in [-0.3, -0.25) is 9.59 Å². The molecule has 190 valence electrons. The number of alkyl halides is 1. The highest BCUT2D eigenvalue weighted by molar-refractivity contribution is 6.27. The Morgan fingerprint density at radius 3 is 2.34 bits per heavy atom. The fourth-order valence-electron chi connectivity index (χ4n) is 4.60. The molecule has 2 amide bonds. The molecule has 0 bridgehead atoms. The first kappa shape index (κ1) is 26.9. The first-order valence-corrected chi connectivity index (χ1v) is 13.0. The summed E-state index contributed by atoms with van der Waals surface area (Å²) in [6.45, 7) is 4.68. The number of hydrogen-bond donors (Lipinski definition) is 1. The summed E-state index contributed by atoms with van der Waals surface area (Å²) in [7, 11) is 1.57. The maximum absolute atomic E-state index is 13.8. The van der Waals surface area contributed by atoms with E-state index in [1.165, 1.54) is 12.8 Å². The normalized spacial score (nSPS) is 15.1. The van der Waals surface area contributed by atoms with E-state index >= 15 is 0 Å². The molecule has 6 nitrogen and oxygen atoms in total. The molecule has 7 heteroatoms. The van der Waals surface area contributed by atoms with Crippen LogP contribution in [0, 0.1) is 6.92 Å². The first-order chi connectivity index (χ1) is 17.0. The van der Waals surface area contributed by atoms with Crippen LogP contribution < -0.4 is 14.8 Å². The van der Waals surface area contributed by atoms with E-state index in [2.05, 4.69) is 5.32 Å². The molecule has 1 atom stereocenters. The predicted molar refractivity (Wildman–Crippen MR) is 139 cm³/mol. The van der Waals surface area contributed by atoms with Crippen LogP contribution in [0.15, 0.2) is 42.5 Å². The van der Waals surface area contributed by atoms with Crippen LogP contribution in [0.2, 0.25) is 0 Å². The van der Waals surface area contributed by atoms with E-state index in [1.807, 2.05) is 44.2 Å². The average Bonchev–Trinajstić information content (AvgIpc) is 3.13. The van der Waals surface area contributed by atoms with Gasteiger partial charge in [0.1, 0.15) is 11.9 Å². The molecule has 35 heavy (non-hydrogen) atoms. The zero-order valence-electron chi connectivity index (χ0n) is 21.0. The van der Waals surface area contributed by atoms with Crippen molar-refractivity contribution in [3.8, 4) is 11.5 Å². The van der Waals surface area contributed by atoms with Gasteiger partial charge in [0.25, 0.3) is 0 Å². The molecule has 0 radical (unpaired) electrons. The lowest BCUT2D eigenvalue weighted by Crippen LogP contribution is -2.46. The number of nitrogens with one attached hydrogen (secondary N) is 1. The van der Waals surface area contributed by atoms with Gasteiger partial charge < -0.3 is 19.7 Å². The first-order valence-electron chi connectivity index (χ1n) is 12.5. The Morgan fingerprint density at radius 2 is 1.74 bits per heavy atom. The van der Waals surface area contributed by atoms with Crippen LogP contribution in [-0.2, 0) is 16.1 Å². The van der Waals surface area contributed by atoms with Gasteiger partial charge in [-0.05, 0) is 49.9 Å². The summed E-state index contributed by atoms with van der Waals surface area (Å²) in [5.41, 5.74) is 2.71. The molecule has 1 N–H and O–H groups in total. The van der Waals surface area contributed by atoms with E-state index in [0.717, 1.165) is 36.8 Å². The van der Waals surface area contributed by atoms with Crippen LogP contribution in [0.3, 0.4) is 0 Å². The molecule has 1 aliphatic carbocycles. The minimum absolute atomic E-state index is 0.101. The molecule has 0 aromatic heterocycles.